The summed E-state index contributed by atoms with van der Waals surface area (Å²) >= 11 is 0. The van der Waals surface area contributed by atoms with E-state index in [9.17, 15) is 15.2 Å². The van der Waals surface area contributed by atoms with Crippen LogP contribution in [0.25, 0.3) is 0 Å². The smallest absolute Gasteiger partial charge is 0.311 e. The van der Waals surface area contributed by atoms with Crippen LogP contribution in [0.1, 0.15) is 18.1 Å². The lowest BCUT2D eigenvalue weighted by atomic mass is 10.1. The first kappa shape index (κ1) is 11.0. The van der Waals surface area contributed by atoms with Gasteiger partial charge in [-0.1, -0.05) is 5.16 Å². The third kappa shape index (κ3) is 2.04. The van der Waals surface area contributed by atoms with Gasteiger partial charge in [-0.05, 0) is 25.5 Å². The fraction of sp³-hybridized carbons (Fsp3) is 0.222. The average molecular weight is 210 g/mol. The molecule has 2 N–H and O–H groups in total. The minimum atomic E-state index is -0.684. The number of aromatic hydroxyl groups is 1. The first-order valence-corrected chi connectivity index (χ1v) is 4.14. The molecule has 0 heterocycles. The number of nitro groups is 1. The van der Waals surface area contributed by atoms with Crippen LogP contribution >= 0.6 is 0 Å². The van der Waals surface area contributed by atoms with E-state index in [0.29, 0.717) is 5.56 Å². The van der Waals surface area contributed by atoms with Crippen LogP contribution in [0.15, 0.2) is 17.3 Å². The van der Waals surface area contributed by atoms with Crippen molar-refractivity contribution in [3.05, 3.63) is 33.4 Å². The van der Waals surface area contributed by atoms with Gasteiger partial charge in [0.1, 0.15) is 0 Å². The molecule has 0 amide bonds. The molecule has 0 aliphatic rings. The number of benzene rings is 1. The fourth-order valence-corrected chi connectivity index (χ4v) is 1.23. The predicted octanol–water partition coefficient (Wildman–Crippen LogP) is 1.81. The molecular weight excluding hydrogens is 200 g/mol. The Labute approximate surface area is 85.6 Å². The molecule has 6 nitrogen and oxygen atoms in total. The van der Waals surface area contributed by atoms with Crippen LogP contribution in [0.3, 0.4) is 0 Å². The molecule has 15 heavy (non-hydrogen) atoms. The molecule has 0 saturated heterocycles. The summed E-state index contributed by atoms with van der Waals surface area (Å²) in [7, 11) is 0. The van der Waals surface area contributed by atoms with Crippen LogP contribution in [-0.4, -0.2) is 20.9 Å². The molecule has 0 atom stereocenters. The number of hydrogen-bond donors (Lipinski definition) is 2. The molecule has 80 valence electrons. The van der Waals surface area contributed by atoms with Gasteiger partial charge in [0, 0.05) is 11.6 Å². The second kappa shape index (κ2) is 3.95. The minimum absolute atomic E-state index is 0.124. The van der Waals surface area contributed by atoms with E-state index in [-0.39, 0.29) is 11.3 Å². The van der Waals surface area contributed by atoms with E-state index in [1.807, 2.05) is 0 Å². The zero-order valence-corrected chi connectivity index (χ0v) is 8.26. The van der Waals surface area contributed by atoms with Crippen molar-refractivity contribution in [2.45, 2.75) is 13.8 Å². The first-order chi connectivity index (χ1) is 6.97. The number of phenolic OH excluding ortho intramolecular Hbond substituents is 1. The van der Waals surface area contributed by atoms with Gasteiger partial charge < -0.3 is 10.3 Å². The molecule has 0 spiro atoms. The molecular formula is C9H10N2O4. The highest BCUT2D eigenvalue weighted by Gasteiger charge is 2.19. The zero-order chi connectivity index (χ0) is 11.6. The summed E-state index contributed by atoms with van der Waals surface area (Å²) < 4.78 is 0. The van der Waals surface area contributed by atoms with E-state index in [4.69, 9.17) is 5.21 Å². The van der Waals surface area contributed by atoms with Crippen molar-refractivity contribution < 1.29 is 15.2 Å². The maximum Gasteiger partial charge on any atom is 0.311 e. The van der Waals surface area contributed by atoms with E-state index >= 15 is 0 Å². The lowest BCUT2D eigenvalue weighted by molar-refractivity contribution is -0.385. The Hall–Kier alpha value is -2.11. The Morgan fingerprint density at radius 2 is 2.13 bits per heavy atom. The Kier molecular flexibility index (Phi) is 2.89. The molecule has 0 aliphatic carbocycles. The summed E-state index contributed by atoms with van der Waals surface area (Å²) in [4.78, 5) is 9.90. The summed E-state index contributed by atoms with van der Waals surface area (Å²) in [6.07, 6.45) is 0. The number of nitro benzene ring substituents is 1. The van der Waals surface area contributed by atoms with Crippen molar-refractivity contribution in [2.75, 3.05) is 0 Å². The van der Waals surface area contributed by atoms with Gasteiger partial charge in [-0.3, -0.25) is 10.1 Å². The maximum atomic E-state index is 10.6. The van der Waals surface area contributed by atoms with E-state index in [1.165, 1.54) is 19.1 Å². The second-order valence-corrected chi connectivity index (χ2v) is 3.12. The number of aryl methyl sites for hydroxylation is 1. The molecule has 0 saturated carbocycles. The van der Waals surface area contributed by atoms with Gasteiger partial charge in [-0.25, -0.2) is 0 Å². The van der Waals surface area contributed by atoms with E-state index in [1.54, 1.807) is 6.92 Å². The summed E-state index contributed by atoms with van der Waals surface area (Å²) in [5.74, 6) is -0.485. The molecule has 0 radical (unpaired) electrons. The van der Waals surface area contributed by atoms with E-state index in [2.05, 4.69) is 5.16 Å². The van der Waals surface area contributed by atoms with Crippen molar-refractivity contribution in [3.63, 3.8) is 0 Å². The minimum Gasteiger partial charge on any atom is -0.502 e. The van der Waals surface area contributed by atoms with E-state index < -0.39 is 16.4 Å². The fourth-order valence-electron chi connectivity index (χ4n) is 1.23. The third-order valence-corrected chi connectivity index (χ3v) is 1.97. The van der Waals surface area contributed by atoms with Crippen molar-refractivity contribution in [3.8, 4) is 5.75 Å². The summed E-state index contributed by atoms with van der Waals surface area (Å²) in [6, 6.07) is 2.76. The summed E-state index contributed by atoms with van der Waals surface area (Å²) in [5.41, 5.74) is 0.494. The van der Waals surface area contributed by atoms with Crippen molar-refractivity contribution in [1.82, 2.24) is 0 Å². The Balaban J connectivity index is 3.48. The highest BCUT2D eigenvalue weighted by atomic mass is 16.6. The highest BCUT2D eigenvalue weighted by molar-refractivity contribution is 6.01. The molecule has 6 heteroatoms. The average Bonchev–Trinajstić information content (AvgIpc) is 2.19. The van der Waals surface area contributed by atoms with Crippen molar-refractivity contribution >= 4 is 11.4 Å². The van der Waals surface area contributed by atoms with Gasteiger partial charge in [0.15, 0.2) is 0 Å². The quantitative estimate of drug-likeness (QED) is 0.336. The van der Waals surface area contributed by atoms with Gasteiger partial charge in [-0.2, -0.15) is 0 Å². The Morgan fingerprint density at radius 1 is 1.53 bits per heavy atom. The van der Waals surface area contributed by atoms with Crippen LogP contribution < -0.4 is 0 Å². The Morgan fingerprint density at radius 3 is 2.60 bits per heavy atom. The lowest BCUT2D eigenvalue weighted by Crippen LogP contribution is -1.99. The molecule has 1 rings (SSSR count). The van der Waals surface area contributed by atoms with Crippen LogP contribution in [0, 0.1) is 17.0 Å². The third-order valence-electron chi connectivity index (χ3n) is 1.97. The molecule has 1 aromatic carbocycles. The molecule has 0 aliphatic heterocycles. The number of nitrogens with zero attached hydrogens (tertiary/aromatic N) is 2. The second-order valence-electron chi connectivity index (χ2n) is 3.12. The predicted molar refractivity (Wildman–Crippen MR) is 53.5 cm³/mol. The number of oxime groups is 1. The summed E-state index contributed by atoms with van der Waals surface area (Å²) in [5, 5.41) is 31.6. The van der Waals surface area contributed by atoms with E-state index in [0.717, 1.165) is 0 Å². The van der Waals surface area contributed by atoms with Gasteiger partial charge in [-0.15, -0.1) is 0 Å². The first-order valence-electron chi connectivity index (χ1n) is 4.14. The van der Waals surface area contributed by atoms with Gasteiger partial charge in [0.25, 0.3) is 0 Å². The van der Waals surface area contributed by atoms with Crippen LogP contribution in [0.4, 0.5) is 5.69 Å². The molecule has 0 aromatic heterocycles. The standard InChI is InChI=1S/C9H10N2O4/c1-5-3-7(6(2)10-13)9(12)8(4-5)11(14)15/h3-4,12-13H,1-2H3. The van der Waals surface area contributed by atoms with Gasteiger partial charge in [0.05, 0.1) is 10.6 Å². The van der Waals surface area contributed by atoms with Gasteiger partial charge in [0.2, 0.25) is 5.75 Å². The molecule has 0 fully saturated rings. The topological polar surface area (TPSA) is 96.0 Å². The highest BCUT2D eigenvalue weighted by Crippen LogP contribution is 2.31. The lowest BCUT2D eigenvalue weighted by Gasteiger charge is -2.04. The number of rotatable bonds is 2. The molecule has 0 unspecified atom stereocenters. The summed E-state index contributed by atoms with van der Waals surface area (Å²) in [6.45, 7) is 3.10. The van der Waals surface area contributed by atoms with Crippen molar-refractivity contribution in [2.24, 2.45) is 5.16 Å². The van der Waals surface area contributed by atoms with Crippen molar-refractivity contribution in [1.29, 1.82) is 0 Å². The number of phenols is 1. The SMILES string of the molecule is CC(=NO)c1cc(C)cc([N+](=O)[O-])c1O. The monoisotopic (exact) mass is 210 g/mol. The largest absolute Gasteiger partial charge is 0.502 e. The number of hydrogen-bond acceptors (Lipinski definition) is 5. The Bertz CT molecular complexity index is 440. The van der Waals surface area contributed by atoms with Crippen LogP contribution in [0.2, 0.25) is 0 Å². The van der Waals surface area contributed by atoms with Crippen LogP contribution in [-0.2, 0) is 0 Å². The van der Waals surface area contributed by atoms with Crippen LogP contribution in [0.5, 0.6) is 5.75 Å². The normalized spacial score (nSPS) is 11.5. The zero-order valence-electron chi connectivity index (χ0n) is 8.26. The van der Waals surface area contributed by atoms with Gasteiger partial charge >= 0.3 is 5.69 Å². The maximum absolute atomic E-state index is 10.6. The molecule has 0 bridgehead atoms. The molecule has 1 aromatic rings.